The maximum atomic E-state index is 13.9. The summed E-state index contributed by atoms with van der Waals surface area (Å²) in [5.74, 6) is -2.46. The number of rotatable bonds is 3. The molecule has 1 aromatic carbocycles. The molecule has 0 aliphatic carbocycles. The van der Waals surface area contributed by atoms with Gasteiger partial charge in [0.25, 0.3) is 12.0 Å². The predicted molar refractivity (Wildman–Crippen MR) is 66.3 cm³/mol. The summed E-state index contributed by atoms with van der Waals surface area (Å²) in [7, 11) is 0. The van der Waals surface area contributed by atoms with Crippen molar-refractivity contribution in [3.8, 4) is 0 Å². The Morgan fingerprint density at radius 1 is 1.45 bits per heavy atom. The summed E-state index contributed by atoms with van der Waals surface area (Å²) in [4.78, 5) is 22.5. The molecule has 0 radical (unpaired) electrons. The van der Waals surface area contributed by atoms with Crippen LogP contribution in [0.15, 0.2) is 21.4 Å². The number of alkyl halides is 2. The average Bonchev–Trinajstić information content (AvgIpc) is 2.36. The molecule has 0 amide bonds. The number of hydrogen-bond donors (Lipinski definition) is 1. The average molecular weight is 351 g/mol. The zero-order chi connectivity index (χ0) is 15.0. The molecule has 0 spiro atoms. The van der Waals surface area contributed by atoms with Crippen LogP contribution >= 0.6 is 15.9 Å². The van der Waals surface area contributed by atoms with E-state index in [1.54, 1.807) is 0 Å². The lowest BCUT2D eigenvalue weighted by Crippen LogP contribution is -2.28. The van der Waals surface area contributed by atoms with Gasteiger partial charge in [-0.3, -0.25) is 9.59 Å². The van der Waals surface area contributed by atoms with Crippen LogP contribution in [0.25, 0.3) is 10.8 Å². The summed E-state index contributed by atoms with van der Waals surface area (Å²) in [5, 5.41) is 10.9. The lowest BCUT2D eigenvalue weighted by Gasteiger charge is -2.10. The van der Waals surface area contributed by atoms with Crippen molar-refractivity contribution in [1.29, 1.82) is 0 Å². The smallest absolute Gasteiger partial charge is 0.325 e. The highest BCUT2D eigenvalue weighted by atomic mass is 79.9. The first kappa shape index (κ1) is 14.5. The number of halogens is 4. The van der Waals surface area contributed by atoms with Gasteiger partial charge in [0.15, 0.2) is 0 Å². The number of carboxylic acid groups (broad SMARTS) is 1. The zero-order valence-electron chi connectivity index (χ0n) is 9.61. The Labute approximate surface area is 117 Å². The van der Waals surface area contributed by atoms with Gasteiger partial charge in [-0.25, -0.2) is 17.9 Å². The molecule has 0 aliphatic rings. The molecule has 0 atom stereocenters. The van der Waals surface area contributed by atoms with Gasteiger partial charge >= 0.3 is 5.97 Å². The first-order valence-electron chi connectivity index (χ1n) is 5.21. The fraction of sp³-hybridized carbons (Fsp3) is 0.182. The second-order valence-electron chi connectivity index (χ2n) is 3.83. The molecule has 0 unspecified atom stereocenters. The van der Waals surface area contributed by atoms with Crippen molar-refractivity contribution in [3.63, 3.8) is 0 Å². The summed E-state index contributed by atoms with van der Waals surface area (Å²) >= 11 is 2.83. The van der Waals surface area contributed by atoms with E-state index in [9.17, 15) is 22.8 Å². The van der Waals surface area contributed by atoms with Crippen molar-refractivity contribution in [2.75, 3.05) is 0 Å². The molecule has 1 N–H and O–H groups in total. The SMILES string of the molecule is O=C(O)Cn1nc(C(F)F)c2c(F)c(Br)ccc2c1=O. The third-order valence-electron chi connectivity index (χ3n) is 2.54. The highest BCUT2D eigenvalue weighted by Gasteiger charge is 2.22. The molecule has 0 aliphatic heterocycles. The van der Waals surface area contributed by atoms with Gasteiger partial charge in [-0.05, 0) is 28.1 Å². The maximum absolute atomic E-state index is 13.9. The van der Waals surface area contributed by atoms with Gasteiger partial charge in [-0.15, -0.1) is 0 Å². The highest BCUT2D eigenvalue weighted by Crippen LogP contribution is 2.29. The quantitative estimate of drug-likeness (QED) is 0.921. The second kappa shape index (κ2) is 5.23. The Kier molecular flexibility index (Phi) is 3.80. The minimum atomic E-state index is -3.15. The van der Waals surface area contributed by atoms with E-state index in [0.717, 1.165) is 6.07 Å². The molecule has 1 aromatic heterocycles. The summed E-state index contributed by atoms with van der Waals surface area (Å²) < 4.78 is 40.1. The molecule has 0 fully saturated rings. The predicted octanol–water partition coefficient (Wildman–Crippen LogP) is 2.32. The van der Waals surface area contributed by atoms with Crippen LogP contribution in [0.2, 0.25) is 0 Å². The second-order valence-corrected chi connectivity index (χ2v) is 4.68. The van der Waals surface area contributed by atoms with Crippen LogP contribution in [-0.4, -0.2) is 20.9 Å². The number of nitrogens with zero attached hydrogens (tertiary/aromatic N) is 2. The third kappa shape index (κ3) is 2.40. The van der Waals surface area contributed by atoms with Crippen LogP contribution in [0.3, 0.4) is 0 Å². The van der Waals surface area contributed by atoms with Crippen LogP contribution in [0.5, 0.6) is 0 Å². The lowest BCUT2D eigenvalue weighted by atomic mass is 10.1. The molecular formula is C11H6BrF3N2O3. The van der Waals surface area contributed by atoms with Crippen molar-refractivity contribution >= 4 is 32.7 Å². The third-order valence-corrected chi connectivity index (χ3v) is 3.15. The normalized spacial score (nSPS) is 11.2. The van der Waals surface area contributed by atoms with Gasteiger partial charge < -0.3 is 5.11 Å². The lowest BCUT2D eigenvalue weighted by molar-refractivity contribution is -0.138. The van der Waals surface area contributed by atoms with Crippen LogP contribution < -0.4 is 5.56 Å². The first-order chi connectivity index (χ1) is 9.32. The van der Waals surface area contributed by atoms with Gasteiger partial charge in [0.2, 0.25) is 0 Å². The number of hydrogen-bond acceptors (Lipinski definition) is 3. The van der Waals surface area contributed by atoms with Crippen molar-refractivity contribution in [2.45, 2.75) is 13.0 Å². The largest absolute Gasteiger partial charge is 0.480 e. The van der Waals surface area contributed by atoms with E-state index in [-0.39, 0.29) is 9.86 Å². The number of carboxylic acids is 1. The maximum Gasteiger partial charge on any atom is 0.325 e. The first-order valence-corrected chi connectivity index (χ1v) is 6.01. The fourth-order valence-electron chi connectivity index (χ4n) is 1.73. The van der Waals surface area contributed by atoms with E-state index >= 15 is 0 Å². The van der Waals surface area contributed by atoms with E-state index in [0.29, 0.717) is 4.68 Å². The van der Waals surface area contributed by atoms with Crippen molar-refractivity contribution < 1.29 is 23.1 Å². The zero-order valence-corrected chi connectivity index (χ0v) is 11.2. The van der Waals surface area contributed by atoms with Crippen molar-refractivity contribution in [3.05, 3.63) is 38.5 Å². The minimum Gasteiger partial charge on any atom is -0.480 e. The number of aliphatic carboxylic acids is 1. The molecule has 5 nitrogen and oxygen atoms in total. The molecule has 0 bridgehead atoms. The number of aromatic nitrogens is 2. The minimum absolute atomic E-state index is 0.0934. The molecule has 9 heteroatoms. The van der Waals surface area contributed by atoms with E-state index < -0.39 is 41.4 Å². The van der Waals surface area contributed by atoms with Gasteiger partial charge in [-0.1, -0.05) is 0 Å². The van der Waals surface area contributed by atoms with Crippen molar-refractivity contribution in [1.82, 2.24) is 9.78 Å². The van der Waals surface area contributed by atoms with E-state index in [4.69, 9.17) is 5.11 Å². The van der Waals surface area contributed by atoms with Gasteiger partial charge in [0, 0.05) is 0 Å². The molecular weight excluding hydrogens is 345 g/mol. The summed E-state index contributed by atoms with van der Waals surface area (Å²) in [6.07, 6.45) is -3.15. The summed E-state index contributed by atoms with van der Waals surface area (Å²) in [6.45, 7) is -0.883. The Balaban J connectivity index is 2.91. The fourth-order valence-corrected chi connectivity index (χ4v) is 2.06. The van der Waals surface area contributed by atoms with Crippen LogP contribution in [0.1, 0.15) is 12.1 Å². The Morgan fingerprint density at radius 2 is 2.10 bits per heavy atom. The molecule has 20 heavy (non-hydrogen) atoms. The molecule has 2 rings (SSSR count). The van der Waals surface area contributed by atoms with Gasteiger partial charge in [-0.2, -0.15) is 5.10 Å². The Bertz CT molecular complexity index is 761. The standard InChI is InChI=1S/C11H6BrF3N2O3/c12-5-2-1-4-7(8(5)13)9(10(14)15)16-17(11(4)20)3-6(18)19/h1-2,10H,3H2,(H,18,19). The number of fused-ring (bicyclic) bond motifs is 1. The molecule has 0 saturated heterocycles. The summed E-state index contributed by atoms with van der Waals surface area (Å²) in [6, 6.07) is 2.32. The van der Waals surface area contributed by atoms with E-state index in [2.05, 4.69) is 21.0 Å². The van der Waals surface area contributed by atoms with E-state index in [1.165, 1.54) is 6.07 Å². The molecule has 106 valence electrons. The number of benzene rings is 1. The topological polar surface area (TPSA) is 72.2 Å². The van der Waals surface area contributed by atoms with Crippen LogP contribution in [0, 0.1) is 5.82 Å². The van der Waals surface area contributed by atoms with E-state index in [1.807, 2.05) is 0 Å². The monoisotopic (exact) mass is 350 g/mol. The highest BCUT2D eigenvalue weighted by molar-refractivity contribution is 9.10. The Morgan fingerprint density at radius 3 is 2.65 bits per heavy atom. The number of carbonyl (C=O) groups is 1. The van der Waals surface area contributed by atoms with Gasteiger partial charge in [0.05, 0.1) is 15.2 Å². The Hall–Kier alpha value is -1.90. The summed E-state index contributed by atoms with van der Waals surface area (Å²) in [5.41, 5.74) is -1.92. The molecule has 1 heterocycles. The van der Waals surface area contributed by atoms with Crippen LogP contribution in [0.4, 0.5) is 13.2 Å². The van der Waals surface area contributed by atoms with Crippen molar-refractivity contribution in [2.24, 2.45) is 0 Å². The molecule has 0 saturated carbocycles. The van der Waals surface area contributed by atoms with Gasteiger partial charge in [0.1, 0.15) is 18.1 Å². The van der Waals surface area contributed by atoms with Crippen LogP contribution in [-0.2, 0) is 11.3 Å². The molecule has 2 aromatic rings.